The van der Waals surface area contributed by atoms with Gasteiger partial charge in [0.25, 0.3) is 0 Å². The fourth-order valence-electron chi connectivity index (χ4n) is 1.88. The molecule has 17 heavy (non-hydrogen) atoms. The number of hydrogen-bond donors (Lipinski definition) is 1. The number of hydrogen-bond acceptors (Lipinski definition) is 4. The largest absolute Gasteiger partial charge is 0.481 e. The van der Waals surface area contributed by atoms with E-state index in [1.165, 1.54) is 0 Å². The minimum Gasteiger partial charge on any atom is -0.481 e. The zero-order valence-electron chi connectivity index (χ0n) is 10.2. The van der Waals surface area contributed by atoms with Crippen LogP contribution in [0, 0.1) is 11.8 Å². The van der Waals surface area contributed by atoms with Crippen LogP contribution < -0.4 is 0 Å². The van der Waals surface area contributed by atoms with E-state index in [9.17, 15) is 9.59 Å². The molecule has 2 atom stereocenters. The molecule has 0 aliphatic carbocycles. The third-order valence-corrected chi connectivity index (χ3v) is 2.94. The number of amides is 1. The standard InChI is InChI=1S/C11H19NO5/c1-8-5-12(6-9(8)11(14)15)10(13)7-17-4-3-16-2/h8-9H,3-7H2,1-2H3,(H,14,15)/t8-,9-/m1/s1. The summed E-state index contributed by atoms with van der Waals surface area (Å²) in [5, 5.41) is 8.94. The molecule has 1 amide bonds. The summed E-state index contributed by atoms with van der Waals surface area (Å²) in [5.41, 5.74) is 0. The number of carbonyl (C=O) groups excluding carboxylic acids is 1. The van der Waals surface area contributed by atoms with Crippen LogP contribution in [0.3, 0.4) is 0 Å². The van der Waals surface area contributed by atoms with Crippen LogP contribution in [0.25, 0.3) is 0 Å². The predicted octanol–water partition coefficient (Wildman–Crippen LogP) is -0.171. The molecule has 0 radical (unpaired) electrons. The SMILES string of the molecule is COCCOCC(=O)N1C[C@@H](C)[C@H](C(=O)O)C1. The van der Waals surface area contributed by atoms with Crippen molar-refractivity contribution in [3.63, 3.8) is 0 Å². The monoisotopic (exact) mass is 245 g/mol. The second-order valence-corrected chi connectivity index (χ2v) is 4.27. The van der Waals surface area contributed by atoms with Crippen molar-refractivity contribution in [2.45, 2.75) is 6.92 Å². The van der Waals surface area contributed by atoms with Crippen LogP contribution in [-0.4, -0.2) is 61.9 Å². The summed E-state index contributed by atoms with van der Waals surface area (Å²) in [6.07, 6.45) is 0. The van der Waals surface area contributed by atoms with Crippen molar-refractivity contribution >= 4 is 11.9 Å². The highest BCUT2D eigenvalue weighted by atomic mass is 16.5. The Labute approximate surface area is 100 Å². The van der Waals surface area contributed by atoms with Gasteiger partial charge in [0, 0.05) is 20.2 Å². The number of methoxy groups -OCH3 is 1. The van der Waals surface area contributed by atoms with Crippen molar-refractivity contribution in [2.24, 2.45) is 11.8 Å². The number of carboxylic acids is 1. The number of carboxylic acid groups (broad SMARTS) is 1. The van der Waals surface area contributed by atoms with E-state index < -0.39 is 11.9 Å². The Morgan fingerprint density at radius 2 is 2.06 bits per heavy atom. The highest BCUT2D eigenvalue weighted by Gasteiger charge is 2.36. The van der Waals surface area contributed by atoms with Gasteiger partial charge < -0.3 is 19.5 Å². The lowest BCUT2D eigenvalue weighted by molar-refractivity contribution is -0.142. The molecule has 1 aliphatic heterocycles. The first kappa shape index (κ1) is 13.9. The molecule has 0 saturated carbocycles. The molecule has 0 spiro atoms. The van der Waals surface area contributed by atoms with Gasteiger partial charge >= 0.3 is 5.97 Å². The summed E-state index contributed by atoms with van der Waals surface area (Å²) < 4.78 is 9.90. The lowest BCUT2D eigenvalue weighted by Gasteiger charge is -2.15. The van der Waals surface area contributed by atoms with Gasteiger partial charge in [-0.05, 0) is 5.92 Å². The Hall–Kier alpha value is -1.14. The van der Waals surface area contributed by atoms with Crippen LogP contribution in [0.15, 0.2) is 0 Å². The van der Waals surface area contributed by atoms with Crippen molar-refractivity contribution in [1.82, 2.24) is 4.90 Å². The molecular weight excluding hydrogens is 226 g/mol. The molecule has 1 fully saturated rings. The molecule has 0 aromatic rings. The molecular formula is C11H19NO5. The molecule has 0 aromatic carbocycles. The predicted molar refractivity (Wildman–Crippen MR) is 59.6 cm³/mol. The molecule has 6 heteroatoms. The summed E-state index contributed by atoms with van der Waals surface area (Å²) >= 11 is 0. The van der Waals surface area contributed by atoms with Crippen LogP contribution in [0.1, 0.15) is 6.92 Å². The molecule has 1 saturated heterocycles. The third kappa shape index (κ3) is 3.98. The van der Waals surface area contributed by atoms with E-state index in [-0.39, 0.29) is 25.0 Å². The van der Waals surface area contributed by atoms with Crippen LogP contribution in [0.5, 0.6) is 0 Å². The molecule has 1 aliphatic rings. The summed E-state index contributed by atoms with van der Waals surface area (Å²) in [7, 11) is 1.56. The molecule has 0 aromatic heterocycles. The van der Waals surface area contributed by atoms with E-state index in [1.807, 2.05) is 6.92 Å². The van der Waals surface area contributed by atoms with Crippen molar-refractivity contribution in [1.29, 1.82) is 0 Å². The maximum atomic E-state index is 11.7. The van der Waals surface area contributed by atoms with Gasteiger partial charge in [-0.1, -0.05) is 6.92 Å². The summed E-state index contributed by atoms with van der Waals surface area (Å²) in [5.74, 6) is -1.46. The molecule has 6 nitrogen and oxygen atoms in total. The zero-order chi connectivity index (χ0) is 12.8. The first-order valence-electron chi connectivity index (χ1n) is 5.63. The normalized spacial score (nSPS) is 24.0. The average molecular weight is 245 g/mol. The van der Waals surface area contributed by atoms with Crippen molar-refractivity contribution in [3.05, 3.63) is 0 Å². The smallest absolute Gasteiger partial charge is 0.308 e. The molecule has 1 N–H and O–H groups in total. The first-order chi connectivity index (χ1) is 8.06. The molecule has 0 unspecified atom stereocenters. The van der Waals surface area contributed by atoms with Gasteiger partial charge in [0.05, 0.1) is 19.1 Å². The molecule has 1 rings (SSSR count). The van der Waals surface area contributed by atoms with Crippen LogP contribution >= 0.6 is 0 Å². The number of ether oxygens (including phenoxy) is 2. The fourth-order valence-corrected chi connectivity index (χ4v) is 1.88. The number of likely N-dealkylation sites (tertiary alicyclic amines) is 1. The van der Waals surface area contributed by atoms with Crippen LogP contribution in [0.2, 0.25) is 0 Å². The van der Waals surface area contributed by atoms with Crippen molar-refractivity contribution in [2.75, 3.05) is 40.0 Å². The lowest BCUT2D eigenvalue weighted by Crippen LogP contribution is -2.33. The van der Waals surface area contributed by atoms with Crippen LogP contribution in [0.4, 0.5) is 0 Å². The first-order valence-corrected chi connectivity index (χ1v) is 5.63. The van der Waals surface area contributed by atoms with Gasteiger partial charge in [-0.25, -0.2) is 0 Å². The topological polar surface area (TPSA) is 76.1 Å². The second kappa shape index (κ2) is 6.56. The van der Waals surface area contributed by atoms with Crippen LogP contribution in [-0.2, 0) is 19.1 Å². The van der Waals surface area contributed by atoms with E-state index in [4.69, 9.17) is 14.6 Å². The Balaban J connectivity index is 2.32. The van der Waals surface area contributed by atoms with E-state index >= 15 is 0 Å². The Bertz CT molecular complexity index is 281. The van der Waals surface area contributed by atoms with Crippen molar-refractivity contribution < 1.29 is 24.2 Å². The van der Waals surface area contributed by atoms with Gasteiger partial charge in [-0.2, -0.15) is 0 Å². The Morgan fingerprint density at radius 1 is 1.35 bits per heavy atom. The van der Waals surface area contributed by atoms with Gasteiger partial charge in [0.2, 0.25) is 5.91 Å². The van der Waals surface area contributed by atoms with Crippen molar-refractivity contribution in [3.8, 4) is 0 Å². The molecule has 0 bridgehead atoms. The molecule has 98 valence electrons. The van der Waals surface area contributed by atoms with E-state index in [0.717, 1.165) is 0 Å². The maximum absolute atomic E-state index is 11.7. The summed E-state index contributed by atoms with van der Waals surface area (Å²) in [6.45, 7) is 3.42. The lowest BCUT2D eigenvalue weighted by atomic mass is 9.99. The number of carbonyl (C=O) groups is 2. The Kier molecular flexibility index (Phi) is 5.37. The van der Waals surface area contributed by atoms with Gasteiger partial charge in [0.15, 0.2) is 0 Å². The van der Waals surface area contributed by atoms with E-state index in [0.29, 0.717) is 19.8 Å². The van der Waals surface area contributed by atoms with E-state index in [1.54, 1.807) is 12.0 Å². The highest BCUT2D eigenvalue weighted by molar-refractivity contribution is 5.79. The number of aliphatic carboxylic acids is 1. The number of nitrogens with zero attached hydrogens (tertiary/aromatic N) is 1. The fraction of sp³-hybridized carbons (Fsp3) is 0.818. The average Bonchev–Trinajstić information content (AvgIpc) is 2.66. The zero-order valence-corrected chi connectivity index (χ0v) is 10.2. The quantitative estimate of drug-likeness (QED) is 0.657. The minimum atomic E-state index is -0.840. The highest BCUT2D eigenvalue weighted by Crippen LogP contribution is 2.23. The summed E-state index contributed by atoms with van der Waals surface area (Å²) in [6, 6.07) is 0. The Morgan fingerprint density at radius 3 is 2.59 bits per heavy atom. The second-order valence-electron chi connectivity index (χ2n) is 4.27. The molecule has 1 heterocycles. The van der Waals surface area contributed by atoms with E-state index in [2.05, 4.69) is 0 Å². The maximum Gasteiger partial charge on any atom is 0.308 e. The summed E-state index contributed by atoms with van der Waals surface area (Å²) in [4.78, 5) is 24.1. The number of rotatable bonds is 6. The van der Waals surface area contributed by atoms with Gasteiger partial charge in [-0.3, -0.25) is 9.59 Å². The third-order valence-electron chi connectivity index (χ3n) is 2.94. The van der Waals surface area contributed by atoms with Gasteiger partial charge in [-0.15, -0.1) is 0 Å². The minimum absolute atomic E-state index is 0.00424. The van der Waals surface area contributed by atoms with Gasteiger partial charge in [0.1, 0.15) is 6.61 Å².